The predicted molar refractivity (Wildman–Crippen MR) is 70.9 cm³/mol. The Labute approximate surface area is 112 Å². The summed E-state index contributed by atoms with van der Waals surface area (Å²) in [5.41, 5.74) is 2.04. The first-order chi connectivity index (χ1) is 9.21. The standard InChI is InChI=1S/C13H20N2O4/c1-3-8-18-10-4-6-11(7-5-10)19-12(9-17-2)13(16)15-14/h4-7,12H,3,8-9,14H2,1-2H3,(H,15,16). The number of hydrogen-bond donors (Lipinski definition) is 2. The van der Waals surface area contributed by atoms with Gasteiger partial charge in [-0.1, -0.05) is 6.92 Å². The molecule has 0 aliphatic heterocycles. The molecule has 6 nitrogen and oxygen atoms in total. The lowest BCUT2D eigenvalue weighted by atomic mass is 10.3. The molecule has 0 heterocycles. The van der Waals surface area contributed by atoms with Gasteiger partial charge in [-0.15, -0.1) is 0 Å². The van der Waals surface area contributed by atoms with Gasteiger partial charge in [-0.25, -0.2) is 5.84 Å². The Morgan fingerprint density at radius 3 is 2.47 bits per heavy atom. The van der Waals surface area contributed by atoms with Crippen LogP contribution in [-0.4, -0.2) is 32.3 Å². The van der Waals surface area contributed by atoms with Crippen molar-refractivity contribution in [3.8, 4) is 11.5 Å². The van der Waals surface area contributed by atoms with Gasteiger partial charge in [0.15, 0.2) is 0 Å². The van der Waals surface area contributed by atoms with Crippen LogP contribution in [-0.2, 0) is 9.53 Å². The monoisotopic (exact) mass is 268 g/mol. The van der Waals surface area contributed by atoms with Gasteiger partial charge in [-0.2, -0.15) is 0 Å². The largest absolute Gasteiger partial charge is 0.494 e. The van der Waals surface area contributed by atoms with Gasteiger partial charge in [0.1, 0.15) is 11.5 Å². The van der Waals surface area contributed by atoms with Crippen molar-refractivity contribution in [1.29, 1.82) is 0 Å². The van der Waals surface area contributed by atoms with E-state index in [9.17, 15) is 4.79 Å². The smallest absolute Gasteiger partial charge is 0.277 e. The second-order valence-corrected chi connectivity index (χ2v) is 3.89. The normalized spacial score (nSPS) is 11.7. The molecule has 0 bridgehead atoms. The molecular formula is C13H20N2O4. The topological polar surface area (TPSA) is 82.8 Å². The van der Waals surface area contributed by atoms with Gasteiger partial charge in [0.05, 0.1) is 13.2 Å². The molecule has 0 aliphatic carbocycles. The summed E-state index contributed by atoms with van der Waals surface area (Å²) >= 11 is 0. The highest BCUT2D eigenvalue weighted by molar-refractivity contribution is 5.80. The van der Waals surface area contributed by atoms with Crippen molar-refractivity contribution >= 4 is 5.91 Å². The molecule has 0 spiro atoms. The molecule has 106 valence electrons. The summed E-state index contributed by atoms with van der Waals surface area (Å²) in [6.07, 6.45) is 0.169. The van der Waals surface area contributed by atoms with E-state index in [4.69, 9.17) is 20.1 Å². The average molecular weight is 268 g/mol. The van der Waals surface area contributed by atoms with Crippen molar-refractivity contribution in [2.75, 3.05) is 20.3 Å². The van der Waals surface area contributed by atoms with Crippen LogP contribution in [0.2, 0.25) is 0 Å². The van der Waals surface area contributed by atoms with Crippen molar-refractivity contribution in [1.82, 2.24) is 5.43 Å². The fourth-order valence-electron chi connectivity index (χ4n) is 1.41. The maximum atomic E-state index is 11.4. The van der Waals surface area contributed by atoms with Crippen LogP contribution in [0.1, 0.15) is 13.3 Å². The van der Waals surface area contributed by atoms with Crippen molar-refractivity contribution in [2.24, 2.45) is 5.84 Å². The number of carbonyl (C=O) groups is 1. The quantitative estimate of drug-likeness (QED) is 0.415. The Morgan fingerprint density at radius 2 is 1.95 bits per heavy atom. The fraction of sp³-hybridized carbons (Fsp3) is 0.462. The maximum absolute atomic E-state index is 11.4. The van der Waals surface area contributed by atoms with Crippen LogP contribution >= 0.6 is 0 Å². The van der Waals surface area contributed by atoms with Gasteiger partial charge >= 0.3 is 0 Å². The minimum absolute atomic E-state index is 0.122. The molecule has 3 N–H and O–H groups in total. The molecule has 6 heteroatoms. The first-order valence-electron chi connectivity index (χ1n) is 6.10. The number of nitrogens with one attached hydrogen (secondary N) is 1. The molecule has 1 aromatic carbocycles. The summed E-state index contributed by atoms with van der Waals surface area (Å²) in [6.45, 7) is 2.83. The molecule has 0 saturated heterocycles. The van der Waals surface area contributed by atoms with Crippen LogP contribution in [0, 0.1) is 0 Å². The van der Waals surface area contributed by atoms with Crippen LogP contribution in [0.5, 0.6) is 11.5 Å². The number of benzene rings is 1. The van der Waals surface area contributed by atoms with Crippen LogP contribution in [0.25, 0.3) is 0 Å². The number of hydrazine groups is 1. The van der Waals surface area contributed by atoms with E-state index in [2.05, 4.69) is 0 Å². The van der Waals surface area contributed by atoms with Gasteiger partial charge in [0.25, 0.3) is 5.91 Å². The molecule has 1 atom stereocenters. The summed E-state index contributed by atoms with van der Waals surface area (Å²) in [4.78, 5) is 11.4. The van der Waals surface area contributed by atoms with Crippen LogP contribution in [0.15, 0.2) is 24.3 Å². The molecule has 1 aromatic rings. The zero-order valence-electron chi connectivity index (χ0n) is 11.2. The lowest BCUT2D eigenvalue weighted by molar-refractivity contribution is -0.130. The van der Waals surface area contributed by atoms with Gasteiger partial charge < -0.3 is 14.2 Å². The van der Waals surface area contributed by atoms with Crippen molar-refractivity contribution < 1.29 is 19.0 Å². The van der Waals surface area contributed by atoms with Crippen molar-refractivity contribution in [3.05, 3.63) is 24.3 Å². The third-order valence-electron chi connectivity index (χ3n) is 2.33. The molecule has 0 aliphatic rings. The van der Waals surface area contributed by atoms with Gasteiger partial charge in [0.2, 0.25) is 6.10 Å². The van der Waals surface area contributed by atoms with E-state index in [1.165, 1.54) is 7.11 Å². The highest BCUT2D eigenvalue weighted by atomic mass is 16.5. The fourth-order valence-corrected chi connectivity index (χ4v) is 1.41. The SMILES string of the molecule is CCCOc1ccc(OC(COC)C(=O)NN)cc1. The van der Waals surface area contributed by atoms with Crippen molar-refractivity contribution in [3.63, 3.8) is 0 Å². The molecule has 0 radical (unpaired) electrons. The number of hydrogen-bond acceptors (Lipinski definition) is 5. The minimum Gasteiger partial charge on any atom is -0.494 e. The molecule has 1 amide bonds. The number of amides is 1. The van der Waals surface area contributed by atoms with E-state index >= 15 is 0 Å². The van der Waals surface area contributed by atoms with E-state index in [0.717, 1.165) is 12.2 Å². The zero-order valence-corrected chi connectivity index (χ0v) is 11.2. The molecule has 0 aromatic heterocycles. The van der Waals surface area contributed by atoms with Gasteiger partial charge in [-0.05, 0) is 30.7 Å². The summed E-state index contributed by atoms with van der Waals surface area (Å²) in [5.74, 6) is 5.96. The molecule has 19 heavy (non-hydrogen) atoms. The first kappa shape index (κ1) is 15.3. The second kappa shape index (κ2) is 8.34. The van der Waals surface area contributed by atoms with Gasteiger partial charge in [0, 0.05) is 7.11 Å². The second-order valence-electron chi connectivity index (χ2n) is 3.89. The highest BCUT2D eigenvalue weighted by Gasteiger charge is 2.19. The van der Waals surface area contributed by atoms with Crippen LogP contribution in [0.3, 0.4) is 0 Å². The van der Waals surface area contributed by atoms with E-state index < -0.39 is 12.0 Å². The highest BCUT2D eigenvalue weighted by Crippen LogP contribution is 2.19. The Morgan fingerprint density at radius 1 is 1.32 bits per heavy atom. The molecular weight excluding hydrogens is 248 g/mol. The molecule has 0 saturated carbocycles. The van der Waals surface area contributed by atoms with E-state index in [0.29, 0.717) is 12.4 Å². The third-order valence-corrected chi connectivity index (χ3v) is 2.33. The third kappa shape index (κ3) is 5.15. The Kier molecular flexibility index (Phi) is 6.70. The Bertz CT molecular complexity index is 381. The summed E-state index contributed by atoms with van der Waals surface area (Å²) in [6, 6.07) is 7.04. The average Bonchev–Trinajstić information content (AvgIpc) is 2.45. The summed E-state index contributed by atoms with van der Waals surface area (Å²) in [5, 5.41) is 0. The summed E-state index contributed by atoms with van der Waals surface area (Å²) < 4.78 is 15.9. The van der Waals surface area contributed by atoms with Gasteiger partial charge in [-0.3, -0.25) is 10.2 Å². The van der Waals surface area contributed by atoms with Crippen LogP contribution in [0.4, 0.5) is 0 Å². The number of carbonyl (C=O) groups excluding carboxylic acids is 1. The van der Waals surface area contributed by atoms with E-state index in [-0.39, 0.29) is 6.61 Å². The molecule has 0 fully saturated rings. The molecule has 1 rings (SSSR count). The first-order valence-corrected chi connectivity index (χ1v) is 6.10. The Balaban J connectivity index is 2.61. The lowest BCUT2D eigenvalue weighted by Gasteiger charge is -2.16. The van der Waals surface area contributed by atoms with E-state index in [1.807, 2.05) is 12.3 Å². The minimum atomic E-state index is -0.780. The summed E-state index contributed by atoms with van der Waals surface area (Å²) in [7, 11) is 1.49. The number of nitrogens with two attached hydrogens (primary N) is 1. The zero-order chi connectivity index (χ0) is 14.1. The molecule has 1 unspecified atom stereocenters. The predicted octanol–water partition coefficient (Wildman–Crippen LogP) is 0.859. The number of ether oxygens (including phenoxy) is 3. The number of rotatable bonds is 8. The van der Waals surface area contributed by atoms with Crippen LogP contribution < -0.4 is 20.7 Å². The number of methoxy groups -OCH3 is 1. The van der Waals surface area contributed by atoms with Crippen molar-refractivity contribution in [2.45, 2.75) is 19.4 Å². The lowest BCUT2D eigenvalue weighted by Crippen LogP contribution is -2.44. The maximum Gasteiger partial charge on any atom is 0.277 e. The van der Waals surface area contributed by atoms with E-state index in [1.54, 1.807) is 24.3 Å². The Hall–Kier alpha value is -1.79.